The van der Waals surface area contributed by atoms with Crippen molar-refractivity contribution in [2.75, 3.05) is 19.6 Å². The van der Waals surface area contributed by atoms with Gasteiger partial charge in [-0.3, -0.25) is 19.3 Å². The van der Waals surface area contributed by atoms with Gasteiger partial charge in [0.1, 0.15) is 11.7 Å². The smallest absolute Gasteiger partial charge is 0.308 e. The van der Waals surface area contributed by atoms with Crippen LogP contribution in [-0.2, 0) is 31.0 Å². The zero-order valence-electron chi connectivity index (χ0n) is 27.7. The van der Waals surface area contributed by atoms with E-state index in [0.717, 1.165) is 48.2 Å². The Morgan fingerprint density at radius 3 is 2.59 bits per heavy atom. The average molecular weight is 627 g/mol. The molecule has 1 amide bonds. The molecule has 2 bridgehead atoms. The monoisotopic (exact) mass is 626 g/mol. The number of nitrogens with zero attached hydrogens (tertiary/aromatic N) is 2. The van der Waals surface area contributed by atoms with E-state index in [1.165, 1.54) is 26.7 Å². The molecule has 1 spiro atoms. The van der Waals surface area contributed by atoms with Crippen LogP contribution in [0.5, 0.6) is 11.5 Å². The Kier molecular flexibility index (Phi) is 7.78. The van der Waals surface area contributed by atoms with E-state index < -0.39 is 23.1 Å². The number of hydrogen-bond acceptors (Lipinski definition) is 7. The molecule has 8 nitrogen and oxygen atoms in total. The minimum absolute atomic E-state index is 0.00583. The van der Waals surface area contributed by atoms with Crippen LogP contribution in [0.3, 0.4) is 0 Å². The van der Waals surface area contributed by atoms with E-state index in [1.807, 2.05) is 42.2 Å². The molecule has 2 aromatic rings. The number of ether oxygens (including phenoxy) is 3. The van der Waals surface area contributed by atoms with E-state index >= 15 is 0 Å². The Balaban J connectivity index is 1.35. The van der Waals surface area contributed by atoms with Crippen molar-refractivity contribution in [1.82, 2.24) is 9.80 Å². The number of carbonyl (C=O) groups is 3. The van der Waals surface area contributed by atoms with Gasteiger partial charge < -0.3 is 19.1 Å². The maximum absolute atomic E-state index is 14.2. The summed E-state index contributed by atoms with van der Waals surface area (Å²) >= 11 is 0. The molecule has 8 heteroatoms. The van der Waals surface area contributed by atoms with E-state index in [9.17, 15) is 14.4 Å². The first-order valence-corrected chi connectivity index (χ1v) is 17.0. The number of likely N-dealkylation sites (tertiary alicyclic amines) is 1. The van der Waals surface area contributed by atoms with Gasteiger partial charge in [0.05, 0.1) is 17.5 Å². The van der Waals surface area contributed by atoms with Gasteiger partial charge in [0.2, 0.25) is 5.91 Å². The van der Waals surface area contributed by atoms with Gasteiger partial charge in [0.15, 0.2) is 11.5 Å². The summed E-state index contributed by atoms with van der Waals surface area (Å²) in [6.45, 7) is 11.6. The van der Waals surface area contributed by atoms with Crippen LogP contribution in [0.1, 0.15) is 82.1 Å². The lowest BCUT2D eigenvalue weighted by Crippen LogP contribution is -2.79. The molecule has 3 fully saturated rings. The zero-order chi connectivity index (χ0) is 32.4. The van der Waals surface area contributed by atoms with E-state index in [1.54, 1.807) is 6.08 Å². The molecule has 7 rings (SSSR count). The highest BCUT2D eigenvalue weighted by molar-refractivity contribution is 5.92. The third-order valence-corrected chi connectivity index (χ3v) is 11.0. The van der Waals surface area contributed by atoms with Crippen molar-refractivity contribution >= 4 is 23.9 Å². The highest BCUT2D eigenvalue weighted by atomic mass is 16.6. The largest absolute Gasteiger partial charge is 0.483 e. The maximum atomic E-state index is 14.2. The normalized spacial score (nSPS) is 29.3. The molecule has 2 aromatic carbocycles. The second-order valence-corrected chi connectivity index (χ2v) is 14.7. The summed E-state index contributed by atoms with van der Waals surface area (Å²) in [5.74, 6) is 1.12. The first-order chi connectivity index (χ1) is 22.0. The minimum atomic E-state index is -0.815. The maximum Gasteiger partial charge on any atom is 0.308 e. The van der Waals surface area contributed by atoms with Crippen molar-refractivity contribution < 1.29 is 28.6 Å². The van der Waals surface area contributed by atoms with Crippen LogP contribution >= 0.6 is 0 Å². The Morgan fingerprint density at radius 2 is 1.89 bits per heavy atom. The molecule has 1 saturated heterocycles. The van der Waals surface area contributed by atoms with Crippen molar-refractivity contribution in [1.29, 1.82) is 0 Å². The minimum Gasteiger partial charge on any atom is -0.483 e. The topological polar surface area (TPSA) is 85.4 Å². The highest BCUT2D eigenvalue weighted by Crippen LogP contribution is 2.67. The molecule has 0 aromatic heterocycles. The van der Waals surface area contributed by atoms with Crippen molar-refractivity contribution in [3.05, 3.63) is 64.7 Å². The number of hydrogen-bond donors (Lipinski definition) is 0. The molecule has 0 radical (unpaired) electrons. The predicted molar refractivity (Wildman–Crippen MR) is 175 cm³/mol. The lowest BCUT2D eigenvalue weighted by molar-refractivity contribution is -0.224. The first kappa shape index (κ1) is 31.0. The van der Waals surface area contributed by atoms with Gasteiger partial charge >= 0.3 is 11.9 Å². The van der Waals surface area contributed by atoms with Gasteiger partial charge in [-0.15, -0.1) is 0 Å². The molecule has 2 aliphatic heterocycles. The molecule has 3 aliphatic carbocycles. The van der Waals surface area contributed by atoms with Gasteiger partial charge in [0, 0.05) is 38.6 Å². The van der Waals surface area contributed by atoms with Crippen LogP contribution < -0.4 is 9.47 Å². The van der Waals surface area contributed by atoms with Crippen LogP contribution in [0.15, 0.2) is 42.5 Å². The summed E-state index contributed by atoms with van der Waals surface area (Å²) in [6.07, 6.45) is 8.33. The first-order valence-electron chi connectivity index (χ1n) is 17.0. The van der Waals surface area contributed by atoms with Crippen LogP contribution in [0, 0.1) is 18.8 Å². The molecule has 2 heterocycles. The zero-order valence-corrected chi connectivity index (χ0v) is 27.7. The molecule has 0 N–H and O–H groups in total. The number of piperidine rings is 1. The second kappa shape index (κ2) is 11.5. The fourth-order valence-electron chi connectivity index (χ4n) is 9.25. The van der Waals surface area contributed by atoms with Gasteiger partial charge in [-0.1, -0.05) is 49.7 Å². The molecule has 46 heavy (non-hydrogen) atoms. The fraction of sp³-hybridized carbons (Fsp3) is 0.553. The van der Waals surface area contributed by atoms with E-state index in [-0.39, 0.29) is 29.9 Å². The molecule has 2 unspecified atom stereocenters. The van der Waals surface area contributed by atoms with Gasteiger partial charge in [-0.05, 0) is 87.1 Å². The number of carbonyl (C=O) groups excluding carboxylic acids is 3. The lowest BCUT2D eigenvalue weighted by atomic mass is 9.48. The SMILES string of the molecule is CC(=O)Oc1ccc2c3c1OC1C(N(CC(C)C)C(=O)C=Cc4cccc(C)c4)CC[C@@]4(OC(C)=O)[C@@H](C2)N(CC2CC2)CC[C@]314. The van der Waals surface area contributed by atoms with E-state index in [4.69, 9.17) is 14.2 Å². The summed E-state index contributed by atoms with van der Waals surface area (Å²) in [6, 6.07) is 11.8. The van der Waals surface area contributed by atoms with Crippen LogP contribution in [0.2, 0.25) is 0 Å². The standard InChI is InChI=1S/C38H46N2O6/c1-23(2)21-40(33(43)14-11-27-8-6-7-24(3)19-27)30-15-16-38(46-26(5)42)32-20-29-12-13-31(44-25(4)41)35-34(29)37(38,36(30)45-35)17-18-39(32)22-28-9-10-28/h6-8,11-14,19,23,28,30,32,36H,9-10,15-18,20-22H2,1-5H3/t30?,32-,36?,37+,38-/m1/s1. The average Bonchev–Trinajstić information content (AvgIpc) is 3.74. The molecule has 244 valence electrons. The highest BCUT2D eigenvalue weighted by Gasteiger charge is 2.76. The second-order valence-electron chi connectivity index (χ2n) is 14.7. The fourth-order valence-corrected chi connectivity index (χ4v) is 9.25. The number of benzene rings is 2. The third kappa shape index (κ3) is 5.04. The van der Waals surface area contributed by atoms with Crippen molar-refractivity contribution in [3.8, 4) is 11.5 Å². The van der Waals surface area contributed by atoms with Crippen LogP contribution in [0.4, 0.5) is 0 Å². The Hall–Kier alpha value is -3.65. The summed E-state index contributed by atoms with van der Waals surface area (Å²) in [4.78, 5) is 44.1. The van der Waals surface area contributed by atoms with Crippen LogP contribution in [-0.4, -0.2) is 71.1 Å². The Labute approximate surface area is 272 Å². The molecular formula is C38H46N2O6. The summed E-state index contributed by atoms with van der Waals surface area (Å²) in [7, 11) is 0. The van der Waals surface area contributed by atoms with Crippen LogP contribution in [0.25, 0.3) is 6.08 Å². The Morgan fingerprint density at radius 1 is 1.09 bits per heavy atom. The summed E-state index contributed by atoms with van der Waals surface area (Å²) in [5.41, 5.74) is 2.79. The van der Waals surface area contributed by atoms with Crippen molar-refractivity contribution in [3.63, 3.8) is 0 Å². The quantitative estimate of drug-likeness (QED) is 0.203. The number of rotatable bonds is 9. The third-order valence-electron chi connectivity index (χ3n) is 11.0. The van der Waals surface area contributed by atoms with Gasteiger partial charge in [0.25, 0.3) is 0 Å². The number of esters is 2. The summed E-state index contributed by atoms with van der Waals surface area (Å²) < 4.78 is 19.4. The molecule has 2 saturated carbocycles. The molecular weight excluding hydrogens is 580 g/mol. The number of amides is 1. The summed E-state index contributed by atoms with van der Waals surface area (Å²) in [5, 5.41) is 0. The number of aryl methyl sites for hydroxylation is 1. The van der Waals surface area contributed by atoms with Crippen molar-refractivity contribution in [2.24, 2.45) is 11.8 Å². The molecule has 5 atom stereocenters. The lowest BCUT2D eigenvalue weighted by Gasteiger charge is -2.65. The van der Waals surface area contributed by atoms with Gasteiger partial charge in [-0.25, -0.2) is 0 Å². The van der Waals surface area contributed by atoms with Crippen molar-refractivity contribution in [2.45, 2.75) is 102 Å². The Bertz CT molecular complexity index is 1600. The van der Waals surface area contributed by atoms with E-state index in [2.05, 4.69) is 30.9 Å². The predicted octanol–water partition coefficient (Wildman–Crippen LogP) is 5.62. The molecule has 5 aliphatic rings. The van der Waals surface area contributed by atoms with Gasteiger partial charge in [-0.2, -0.15) is 0 Å². The van der Waals surface area contributed by atoms with E-state index in [0.29, 0.717) is 36.8 Å².